The van der Waals surface area contributed by atoms with Crippen LogP contribution in [0.25, 0.3) is 0 Å². The van der Waals surface area contributed by atoms with Gasteiger partial charge in [0.25, 0.3) is 0 Å². The Kier molecular flexibility index (Phi) is 7.92. The van der Waals surface area contributed by atoms with Gasteiger partial charge in [0.2, 0.25) is 0 Å². The summed E-state index contributed by atoms with van der Waals surface area (Å²) < 4.78 is 22.2. The van der Waals surface area contributed by atoms with Gasteiger partial charge in [0.15, 0.2) is 0 Å². The second kappa shape index (κ2) is 8.07. The van der Waals surface area contributed by atoms with Gasteiger partial charge in [0.1, 0.15) is 0 Å². The first-order chi connectivity index (χ1) is 6.68. The molecule has 0 aliphatic carbocycles. The van der Waals surface area contributed by atoms with E-state index in [9.17, 15) is 4.57 Å². The highest BCUT2D eigenvalue weighted by atomic mass is 31.2. The van der Waals surface area contributed by atoms with Gasteiger partial charge in [-0.1, -0.05) is 33.3 Å². The zero-order valence-corrected chi connectivity index (χ0v) is 10.1. The quantitative estimate of drug-likeness (QED) is 0.335. The van der Waals surface area contributed by atoms with E-state index in [1.165, 1.54) is 6.26 Å². The Morgan fingerprint density at radius 1 is 1.29 bits per heavy atom. The zero-order chi connectivity index (χ0) is 10.9. The smallest absolute Gasteiger partial charge is 0.378 e. The van der Waals surface area contributed by atoms with Crippen molar-refractivity contribution < 1.29 is 13.6 Å². The molecule has 84 valence electrons. The van der Waals surface area contributed by atoms with Crippen LogP contribution in [-0.2, 0) is 13.6 Å². The van der Waals surface area contributed by atoms with E-state index in [2.05, 4.69) is 13.5 Å². The predicted octanol–water partition coefficient (Wildman–Crippen LogP) is 3.96. The molecule has 0 aromatic carbocycles. The van der Waals surface area contributed by atoms with Gasteiger partial charge >= 0.3 is 7.60 Å². The first kappa shape index (κ1) is 13.7. The molecule has 0 N–H and O–H groups in total. The molecule has 3 nitrogen and oxygen atoms in total. The average molecular weight is 220 g/mol. The Morgan fingerprint density at radius 3 is 2.43 bits per heavy atom. The van der Waals surface area contributed by atoms with Crippen molar-refractivity contribution in [1.82, 2.24) is 0 Å². The van der Waals surface area contributed by atoms with Crippen molar-refractivity contribution >= 4 is 7.60 Å². The van der Waals surface area contributed by atoms with E-state index in [1.807, 2.05) is 6.92 Å². The molecule has 0 aromatic rings. The van der Waals surface area contributed by atoms with Crippen LogP contribution >= 0.6 is 7.60 Å². The molecule has 0 spiro atoms. The molecule has 0 saturated carbocycles. The molecule has 1 atom stereocenters. The maximum absolute atomic E-state index is 11.9. The van der Waals surface area contributed by atoms with E-state index in [-0.39, 0.29) is 0 Å². The van der Waals surface area contributed by atoms with Crippen molar-refractivity contribution in [3.05, 3.63) is 12.8 Å². The summed E-state index contributed by atoms with van der Waals surface area (Å²) in [7, 11) is -2.88. The van der Waals surface area contributed by atoms with Crippen molar-refractivity contribution in [2.45, 2.75) is 39.5 Å². The normalized spacial score (nSPS) is 14.7. The Bertz CT molecular complexity index is 192. The van der Waals surface area contributed by atoms with Gasteiger partial charge in [-0.05, 0) is 12.8 Å². The molecule has 0 aliphatic heterocycles. The summed E-state index contributed by atoms with van der Waals surface area (Å²) in [4.78, 5) is 0. The fraction of sp³-hybridized carbons (Fsp3) is 0.800. The summed E-state index contributed by atoms with van der Waals surface area (Å²) in [5, 5.41) is 0. The molecular formula is C10H21O3P. The summed E-state index contributed by atoms with van der Waals surface area (Å²) in [6.07, 6.45) is 5.49. The van der Waals surface area contributed by atoms with Crippen LogP contribution in [0.4, 0.5) is 0 Å². The molecule has 0 heterocycles. The SMILES string of the molecule is C=COP(=O)(CCCC)OCCCC. The molecule has 0 amide bonds. The molecule has 0 aliphatic rings. The highest BCUT2D eigenvalue weighted by Crippen LogP contribution is 2.49. The molecular weight excluding hydrogens is 199 g/mol. The molecule has 0 rings (SSSR count). The van der Waals surface area contributed by atoms with Crippen LogP contribution < -0.4 is 0 Å². The second-order valence-corrected chi connectivity index (χ2v) is 5.28. The minimum absolute atomic E-state index is 0.485. The third-order valence-electron chi connectivity index (χ3n) is 1.81. The Hall–Kier alpha value is -0.270. The van der Waals surface area contributed by atoms with E-state index in [4.69, 9.17) is 9.05 Å². The minimum atomic E-state index is -2.88. The molecule has 4 heteroatoms. The fourth-order valence-electron chi connectivity index (χ4n) is 0.961. The van der Waals surface area contributed by atoms with Gasteiger partial charge in [0, 0.05) is 0 Å². The fourth-order valence-corrected chi connectivity index (χ4v) is 2.59. The van der Waals surface area contributed by atoms with E-state index < -0.39 is 7.60 Å². The lowest BCUT2D eigenvalue weighted by Gasteiger charge is -2.16. The third-order valence-corrected chi connectivity index (χ3v) is 3.72. The molecule has 0 fully saturated rings. The van der Waals surface area contributed by atoms with Crippen molar-refractivity contribution in [2.24, 2.45) is 0 Å². The number of hydrogen-bond donors (Lipinski definition) is 0. The van der Waals surface area contributed by atoms with Crippen molar-refractivity contribution in [1.29, 1.82) is 0 Å². The topological polar surface area (TPSA) is 35.5 Å². The summed E-state index contributed by atoms with van der Waals surface area (Å²) >= 11 is 0. The maximum atomic E-state index is 11.9. The number of hydrogen-bond acceptors (Lipinski definition) is 3. The molecule has 14 heavy (non-hydrogen) atoms. The first-order valence-corrected chi connectivity index (χ1v) is 6.94. The largest absolute Gasteiger partial charge is 0.433 e. The zero-order valence-electron chi connectivity index (χ0n) is 9.20. The molecule has 0 radical (unpaired) electrons. The lowest BCUT2D eigenvalue weighted by atomic mass is 10.4. The van der Waals surface area contributed by atoms with Crippen LogP contribution in [0.1, 0.15) is 39.5 Å². The van der Waals surface area contributed by atoms with Crippen molar-refractivity contribution in [2.75, 3.05) is 12.8 Å². The maximum Gasteiger partial charge on any atom is 0.378 e. The molecule has 0 bridgehead atoms. The van der Waals surface area contributed by atoms with Gasteiger partial charge in [0.05, 0.1) is 19.0 Å². The number of unbranched alkanes of at least 4 members (excludes halogenated alkanes) is 2. The van der Waals surface area contributed by atoms with Crippen LogP contribution in [0.15, 0.2) is 12.8 Å². The Labute approximate surface area is 87.0 Å². The van der Waals surface area contributed by atoms with Gasteiger partial charge in [-0.2, -0.15) is 0 Å². The van der Waals surface area contributed by atoms with Crippen LogP contribution in [0, 0.1) is 0 Å². The van der Waals surface area contributed by atoms with E-state index in [0.29, 0.717) is 12.8 Å². The van der Waals surface area contributed by atoms with Crippen LogP contribution in [0.3, 0.4) is 0 Å². The highest BCUT2D eigenvalue weighted by Gasteiger charge is 2.22. The summed E-state index contributed by atoms with van der Waals surface area (Å²) in [5.74, 6) is 0. The van der Waals surface area contributed by atoms with Gasteiger partial charge in [-0.3, -0.25) is 4.52 Å². The number of rotatable bonds is 9. The standard InChI is InChI=1S/C10H21O3P/c1-4-7-9-13-14(11,12-6-3)10-8-5-2/h6H,3-5,7-10H2,1-2H3. The molecule has 0 aromatic heterocycles. The van der Waals surface area contributed by atoms with E-state index in [1.54, 1.807) is 0 Å². The lowest BCUT2D eigenvalue weighted by molar-refractivity contribution is 0.245. The predicted molar refractivity (Wildman–Crippen MR) is 59.5 cm³/mol. The first-order valence-electron chi connectivity index (χ1n) is 5.21. The summed E-state index contributed by atoms with van der Waals surface area (Å²) in [5.41, 5.74) is 0. The van der Waals surface area contributed by atoms with Crippen LogP contribution in [0.2, 0.25) is 0 Å². The summed E-state index contributed by atoms with van der Waals surface area (Å²) in [6, 6.07) is 0. The van der Waals surface area contributed by atoms with Crippen LogP contribution in [0.5, 0.6) is 0 Å². The second-order valence-electron chi connectivity index (χ2n) is 3.15. The van der Waals surface area contributed by atoms with Crippen molar-refractivity contribution in [3.63, 3.8) is 0 Å². The molecule has 1 unspecified atom stereocenters. The monoisotopic (exact) mass is 220 g/mol. The highest BCUT2D eigenvalue weighted by molar-refractivity contribution is 7.53. The summed E-state index contributed by atoms with van der Waals surface area (Å²) in [6.45, 7) is 8.02. The van der Waals surface area contributed by atoms with Gasteiger partial charge in [-0.25, -0.2) is 4.57 Å². The van der Waals surface area contributed by atoms with Crippen molar-refractivity contribution in [3.8, 4) is 0 Å². The Balaban J connectivity index is 3.95. The molecule has 0 saturated heterocycles. The minimum Gasteiger partial charge on any atom is -0.433 e. The van der Waals surface area contributed by atoms with Gasteiger partial charge < -0.3 is 4.52 Å². The van der Waals surface area contributed by atoms with E-state index >= 15 is 0 Å². The van der Waals surface area contributed by atoms with Crippen LogP contribution in [-0.4, -0.2) is 12.8 Å². The Morgan fingerprint density at radius 2 is 1.93 bits per heavy atom. The van der Waals surface area contributed by atoms with Gasteiger partial charge in [-0.15, -0.1) is 0 Å². The van der Waals surface area contributed by atoms with E-state index in [0.717, 1.165) is 25.7 Å². The average Bonchev–Trinajstić information content (AvgIpc) is 2.16. The third kappa shape index (κ3) is 6.22. The lowest BCUT2D eigenvalue weighted by Crippen LogP contribution is -1.98.